The lowest BCUT2D eigenvalue weighted by molar-refractivity contribution is -0.141. The van der Waals surface area contributed by atoms with E-state index in [4.69, 9.17) is 4.74 Å². The minimum Gasteiger partial charge on any atom is -0.457 e. The Morgan fingerprint density at radius 3 is 2.41 bits per heavy atom. The van der Waals surface area contributed by atoms with Crippen molar-refractivity contribution >= 4 is 17.5 Å². The van der Waals surface area contributed by atoms with Crippen molar-refractivity contribution in [3.05, 3.63) is 66.7 Å². The molecule has 7 atom stereocenters. The highest BCUT2D eigenvalue weighted by Gasteiger charge is 2.61. The highest BCUT2D eigenvalue weighted by molar-refractivity contribution is 5.93. The molecule has 0 aromatic heterocycles. The Morgan fingerprint density at radius 1 is 0.919 bits per heavy atom. The summed E-state index contributed by atoms with van der Waals surface area (Å²) in [7, 11) is 1.97. The zero-order chi connectivity index (χ0) is 25.8. The van der Waals surface area contributed by atoms with E-state index in [2.05, 4.69) is 25.2 Å². The van der Waals surface area contributed by atoms with E-state index in [-0.39, 0.29) is 28.6 Å². The maximum Gasteiger partial charge on any atom is 0.246 e. The zero-order valence-corrected chi connectivity index (χ0v) is 22.2. The fraction of sp³-hybridized carbons (Fsp3) is 0.500. The molecule has 37 heavy (non-hydrogen) atoms. The summed E-state index contributed by atoms with van der Waals surface area (Å²) in [5.41, 5.74) is 0.890. The number of rotatable bonds is 4. The molecule has 0 radical (unpaired) electrons. The Balaban J connectivity index is 1.15. The number of nitrogens with one attached hydrogen (secondary N) is 1. The van der Waals surface area contributed by atoms with Crippen molar-refractivity contribution in [1.82, 2.24) is 4.90 Å². The van der Waals surface area contributed by atoms with Crippen molar-refractivity contribution in [3.63, 3.8) is 0 Å². The van der Waals surface area contributed by atoms with Crippen LogP contribution in [0.25, 0.3) is 0 Å². The van der Waals surface area contributed by atoms with Gasteiger partial charge >= 0.3 is 0 Å². The highest BCUT2D eigenvalue weighted by Crippen LogP contribution is 2.65. The Hall–Kier alpha value is -3.08. The highest BCUT2D eigenvalue weighted by atomic mass is 16.5. The Kier molecular flexibility index (Phi) is 5.93. The third-order valence-corrected chi connectivity index (χ3v) is 10.5. The first-order chi connectivity index (χ1) is 17.8. The molecule has 4 aliphatic rings. The number of amides is 2. The van der Waals surface area contributed by atoms with E-state index < -0.39 is 0 Å². The van der Waals surface area contributed by atoms with Gasteiger partial charge in [0.25, 0.3) is 0 Å². The number of ether oxygens (including phenoxy) is 1. The minimum atomic E-state index is 0.0326. The predicted octanol–water partition coefficient (Wildman–Crippen LogP) is 6.67. The Bertz CT molecular complexity index is 1210. The molecular formula is C32H38N2O3. The van der Waals surface area contributed by atoms with Gasteiger partial charge in [-0.1, -0.05) is 38.1 Å². The van der Waals surface area contributed by atoms with Gasteiger partial charge in [0.05, 0.1) is 0 Å². The van der Waals surface area contributed by atoms with Gasteiger partial charge in [-0.15, -0.1) is 0 Å². The molecule has 3 saturated carbocycles. The van der Waals surface area contributed by atoms with Gasteiger partial charge < -0.3 is 15.0 Å². The van der Waals surface area contributed by atoms with Crippen LogP contribution < -0.4 is 10.1 Å². The average Bonchev–Trinajstić information content (AvgIpc) is 3.26. The molecule has 2 aromatic rings. The van der Waals surface area contributed by atoms with Crippen molar-refractivity contribution in [2.24, 2.45) is 34.5 Å². The van der Waals surface area contributed by atoms with Gasteiger partial charge in [0.2, 0.25) is 11.8 Å². The van der Waals surface area contributed by atoms with Crippen molar-refractivity contribution in [2.75, 3.05) is 12.4 Å². The molecule has 2 aromatic carbocycles. The molecule has 1 N–H and O–H groups in total. The van der Waals surface area contributed by atoms with E-state index >= 15 is 0 Å². The van der Waals surface area contributed by atoms with Crippen LogP contribution in [0.2, 0.25) is 0 Å². The van der Waals surface area contributed by atoms with Crippen LogP contribution in [0.5, 0.6) is 11.5 Å². The Morgan fingerprint density at radius 2 is 1.65 bits per heavy atom. The fourth-order valence-electron chi connectivity index (χ4n) is 8.63. The summed E-state index contributed by atoms with van der Waals surface area (Å²) >= 11 is 0. The molecule has 3 fully saturated rings. The molecule has 2 unspecified atom stereocenters. The predicted molar refractivity (Wildman–Crippen MR) is 145 cm³/mol. The summed E-state index contributed by atoms with van der Waals surface area (Å²) in [4.78, 5) is 27.9. The van der Waals surface area contributed by atoms with Crippen LogP contribution in [0.1, 0.15) is 52.4 Å². The third-order valence-electron chi connectivity index (χ3n) is 10.5. The molecule has 5 nitrogen and oxygen atoms in total. The number of nitrogens with zero attached hydrogens (tertiary/aromatic N) is 1. The second-order valence-corrected chi connectivity index (χ2v) is 12.2. The van der Waals surface area contributed by atoms with Crippen LogP contribution in [-0.4, -0.2) is 29.8 Å². The van der Waals surface area contributed by atoms with E-state index in [9.17, 15) is 9.59 Å². The Labute approximate surface area is 220 Å². The SMILES string of the molecule is CN1C(=O)C=C[C@@]2(C)C1CC[C@@H]1[C@H]2CC[C@]2(C)C(C(=O)Nc3ccc(Oc4ccccc4)cc3)CC[C@@H]12. The lowest BCUT2D eigenvalue weighted by Gasteiger charge is -2.60. The lowest BCUT2D eigenvalue weighted by atomic mass is 9.47. The summed E-state index contributed by atoms with van der Waals surface area (Å²) in [6, 6.07) is 17.7. The molecule has 0 saturated heterocycles. The number of fused-ring (bicyclic) bond motifs is 5. The number of carbonyl (C=O) groups is 2. The number of para-hydroxylation sites is 1. The van der Waals surface area contributed by atoms with E-state index in [1.54, 1.807) is 6.08 Å². The first kappa shape index (κ1) is 24.3. The van der Waals surface area contributed by atoms with Gasteiger partial charge in [-0.2, -0.15) is 0 Å². The first-order valence-electron chi connectivity index (χ1n) is 13.9. The monoisotopic (exact) mass is 498 g/mol. The molecule has 194 valence electrons. The van der Waals surface area contributed by atoms with E-state index in [0.29, 0.717) is 23.8 Å². The van der Waals surface area contributed by atoms with Crippen LogP contribution in [0.3, 0.4) is 0 Å². The van der Waals surface area contributed by atoms with Gasteiger partial charge in [0.15, 0.2) is 0 Å². The summed E-state index contributed by atoms with van der Waals surface area (Å²) in [5, 5.41) is 3.22. The smallest absolute Gasteiger partial charge is 0.246 e. The number of anilines is 1. The molecule has 1 aliphatic heterocycles. The summed E-state index contributed by atoms with van der Waals surface area (Å²) in [6.07, 6.45) is 10.5. The lowest BCUT2D eigenvalue weighted by Crippen LogP contribution is -2.59. The van der Waals surface area contributed by atoms with Crippen LogP contribution in [0.4, 0.5) is 5.69 Å². The maximum atomic E-state index is 13.6. The molecule has 0 bridgehead atoms. The van der Waals surface area contributed by atoms with Crippen LogP contribution >= 0.6 is 0 Å². The van der Waals surface area contributed by atoms with Gasteiger partial charge in [0.1, 0.15) is 11.5 Å². The summed E-state index contributed by atoms with van der Waals surface area (Å²) < 4.78 is 5.89. The fourth-order valence-corrected chi connectivity index (χ4v) is 8.63. The van der Waals surface area contributed by atoms with Crippen LogP contribution in [0, 0.1) is 34.5 Å². The number of hydrogen-bond donors (Lipinski definition) is 1. The number of carbonyl (C=O) groups excluding carboxylic acids is 2. The first-order valence-corrected chi connectivity index (χ1v) is 13.9. The molecular weight excluding hydrogens is 460 g/mol. The standard InChI is InChI=1S/C32H38N2O3/c1-31-19-17-26-24(13-16-28-32(26,2)20-18-29(35)34(28)3)25(31)14-15-27(31)30(36)33-21-9-11-23(12-10-21)37-22-7-5-4-6-8-22/h4-12,18,20,24-28H,13-17,19H2,1-3H3,(H,33,36)/t24-,25-,26+,27?,28?,31-,32+/m0/s1. The molecule has 1 heterocycles. The summed E-state index contributed by atoms with van der Waals surface area (Å²) in [5.74, 6) is 3.65. The second kappa shape index (κ2) is 9.04. The van der Waals surface area contributed by atoms with Gasteiger partial charge in [-0.05, 0) is 104 Å². The van der Waals surface area contributed by atoms with Crippen molar-refractivity contribution in [2.45, 2.75) is 58.4 Å². The number of hydrogen-bond acceptors (Lipinski definition) is 3. The molecule has 3 aliphatic carbocycles. The largest absolute Gasteiger partial charge is 0.457 e. The quantitative estimate of drug-likeness (QED) is 0.512. The topological polar surface area (TPSA) is 58.6 Å². The van der Waals surface area contributed by atoms with Crippen LogP contribution in [-0.2, 0) is 9.59 Å². The van der Waals surface area contributed by atoms with Crippen LogP contribution in [0.15, 0.2) is 66.7 Å². The van der Waals surface area contributed by atoms with E-state index in [0.717, 1.165) is 55.7 Å². The van der Waals surface area contributed by atoms with E-state index in [1.807, 2.05) is 66.5 Å². The normalized spacial score (nSPS) is 36.4. The number of benzene rings is 2. The molecule has 6 rings (SSSR count). The second-order valence-electron chi connectivity index (χ2n) is 12.2. The third kappa shape index (κ3) is 3.98. The zero-order valence-electron chi connectivity index (χ0n) is 22.2. The van der Waals surface area contributed by atoms with Gasteiger partial charge in [-0.25, -0.2) is 0 Å². The minimum absolute atomic E-state index is 0.0326. The van der Waals surface area contributed by atoms with Crippen molar-refractivity contribution in [1.29, 1.82) is 0 Å². The van der Waals surface area contributed by atoms with Gasteiger partial charge in [-0.3, -0.25) is 9.59 Å². The van der Waals surface area contributed by atoms with E-state index in [1.165, 1.54) is 0 Å². The molecule has 0 spiro atoms. The molecule has 5 heteroatoms. The number of likely N-dealkylation sites (N-methyl/N-ethyl adjacent to an activating group) is 1. The van der Waals surface area contributed by atoms with Crippen molar-refractivity contribution in [3.8, 4) is 11.5 Å². The maximum absolute atomic E-state index is 13.6. The average molecular weight is 499 g/mol. The van der Waals surface area contributed by atoms with Crippen molar-refractivity contribution < 1.29 is 14.3 Å². The molecule has 2 amide bonds. The summed E-state index contributed by atoms with van der Waals surface area (Å²) in [6.45, 7) is 4.75. The van der Waals surface area contributed by atoms with Gasteiger partial charge in [0, 0.05) is 30.1 Å².